The van der Waals surface area contributed by atoms with Gasteiger partial charge in [0.15, 0.2) is 0 Å². The molecule has 0 radical (unpaired) electrons. The first-order valence-electron chi connectivity index (χ1n) is 10.4. The summed E-state index contributed by atoms with van der Waals surface area (Å²) in [6.07, 6.45) is 4.56. The van der Waals surface area contributed by atoms with Crippen molar-refractivity contribution in [3.05, 3.63) is 58.6 Å². The maximum absolute atomic E-state index is 13.5. The van der Waals surface area contributed by atoms with E-state index in [-0.39, 0.29) is 23.4 Å². The van der Waals surface area contributed by atoms with Gasteiger partial charge < -0.3 is 5.32 Å². The number of aryl methyl sites for hydroxylation is 1. The summed E-state index contributed by atoms with van der Waals surface area (Å²) in [7, 11) is -3.94. The predicted octanol–water partition coefficient (Wildman–Crippen LogP) is 4.46. The van der Waals surface area contributed by atoms with Crippen molar-refractivity contribution in [2.24, 2.45) is 11.8 Å². The largest absolute Gasteiger partial charge is 0.352 e. The molecule has 0 unspecified atom stereocenters. The highest BCUT2D eigenvalue weighted by atomic mass is 35.5. The van der Waals surface area contributed by atoms with Gasteiger partial charge in [0.05, 0.1) is 10.6 Å². The Kier molecular flexibility index (Phi) is 5.82. The second-order valence-electron chi connectivity index (χ2n) is 8.56. The fourth-order valence-electron chi connectivity index (χ4n) is 4.81. The Balaban J connectivity index is 1.64. The van der Waals surface area contributed by atoms with Gasteiger partial charge in [0.2, 0.25) is 5.91 Å². The first kappa shape index (κ1) is 21.2. The van der Waals surface area contributed by atoms with E-state index >= 15 is 0 Å². The van der Waals surface area contributed by atoms with Crippen LogP contribution in [-0.2, 0) is 14.8 Å². The molecule has 3 atom stereocenters. The van der Waals surface area contributed by atoms with E-state index < -0.39 is 10.0 Å². The molecule has 5 nitrogen and oxygen atoms in total. The Morgan fingerprint density at radius 3 is 2.47 bits per heavy atom. The highest BCUT2D eigenvalue weighted by Gasteiger charge is 2.40. The number of fused-ring (bicyclic) bond motifs is 2. The molecule has 1 N–H and O–H groups in total. The number of hydrogen-bond acceptors (Lipinski definition) is 3. The standard InChI is InChI=1S/C23H27ClN2O3S/c1-15-6-10-19(11-7-15)30(28,29)26(22-5-3-4-20(24)16(22)2)14-23(27)25-21-13-17-8-9-18(21)12-17/h3-7,10-11,17-18,21H,8-9,12-14H2,1-2H3,(H,25,27)/t17-,18-,21-/m1/s1. The van der Waals surface area contributed by atoms with Crippen molar-refractivity contribution in [2.75, 3.05) is 10.8 Å². The van der Waals surface area contributed by atoms with Gasteiger partial charge in [-0.2, -0.15) is 0 Å². The van der Waals surface area contributed by atoms with Crippen LogP contribution in [0.25, 0.3) is 0 Å². The van der Waals surface area contributed by atoms with Gasteiger partial charge in [-0.3, -0.25) is 9.10 Å². The predicted molar refractivity (Wildman–Crippen MR) is 119 cm³/mol. The highest BCUT2D eigenvalue weighted by Crippen LogP contribution is 2.44. The Morgan fingerprint density at radius 2 is 1.83 bits per heavy atom. The zero-order chi connectivity index (χ0) is 21.5. The number of halogens is 1. The molecule has 0 heterocycles. The maximum Gasteiger partial charge on any atom is 0.264 e. The highest BCUT2D eigenvalue weighted by molar-refractivity contribution is 7.92. The van der Waals surface area contributed by atoms with Gasteiger partial charge in [-0.1, -0.05) is 41.8 Å². The molecule has 2 aliphatic carbocycles. The van der Waals surface area contributed by atoms with Gasteiger partial charge in [0.1, 0.15) is 6.54 Å². The van der Waals surface area contributed by atoms with Gasteiger partial charge in [-0.15, -0.1) is 0 Å². The SMILES string of the molecule is Cc1ccc(S(=O)(=O)N(CC(=O)N[C@@H]2C[C@@H]3CC[C@@H]2C3)c2cccc(Cl)c2C)cc1. The number of carbonyl (C=O) groups excluding carboxylic acids is 1. The first-order valence-corrected chi connectivity index (χ1v) is 12.2. The number of amides is 1. The van der Waals surface area contributed by atoms with Crippen molar-refractivity contribution in [3.8, 4) is 0 Å². The number of hydrogen-bond donors (Lipinski definition) is 1. The van der Waals surface area contributed by atoms with Crippen molar-refractivity contribution >= 4 is 33.2 Å². The maximum atomic E-state index is 13.5. The smallest absolute Gasteiger partial charge is 0.264 e. The number of carbonyl (C=O) groups is 1. The molecule has 30 heavy (non-hydrogen) atoms. The molecule has 4 rings (SSSR count). The number of rotatable bonds is 6. The lowest BCUT2D eigenvalue weighted by molar-refractivity contribution is -0.120. The lowest BCUT2D eigenvalue weighted by atomic mass is 9.95. The van der Waals surface area contributed by atoms with Crippen molar-refractivity contribution < 1.29 is 13.2 Å². The Bertz CT molecular complexity index is 1050. The van der Waals surface area contributed by atoms with Gasteiger partial charge in [-0.25, -0.2) is 8.42 Å². The molecule has 2 aliphatic rings. The fourth-order valence-corrected chi connectivity index (χ4v) is 6.46. The van der Waals surface area contributed by atoms with Crippen molar-refractivity contribution in [1.82, 2.24) is 5.32 Å². The summed E-state index contributed by atoms with van der Waals surface area (Å²) >= 11 is 6.27. The second-order valence-corrected chi connectivity index (χ2v) is 10.8. The van der Waals surface area contributed by atoms with Crippen molar-refractivity contribution in [3.63, 3.8) is 0 Å². The summed E-state index contributed by atoms with van der Waals surface area (Å²) in [5.41, 5.74) is 2.02. The van der Waals surface area contributed by atoms with Crippen LogP contribution in [0.3, 0.4) is 0 Å². The van der Waals surface area contributed by atoms with Gasteiger partial charge in [0, 0.05) is 11.1 Å². The van der Waals surface area contributed by atoms with Crippen LogP contribution in [0.2, 0.25) is 5.02 Å². The molecule has 0 saturated heterocycles. The molecule has 0 spiro atoms. The minimum absolute atomic E-state index is 0.153. The van der Waals surface area contributed by atoms with Crippen LogP contribution < -0.4 is 9.62 Å². The molecule has 160 valence electrons. The van der Waals surface area contributed by atoms with E-state index in [1.54, 1.807) is 49.4 Å². The topological polar surface area (TPSA) is 66.5 Å². The summed E-state index contributed by atoms with van der Waals surface area (Å²) in [5.74, 6) is 0.944. The molecule has 0 aliphatic heterocycles. The molecule has 2 bridgehead atoms. The van der Waals surface area contributed by atoms with Gasteiger partial charge in [-0.05, 0) is 74.8 Å². The molecular formula is C23H27ClN2O3S. The Labute approximate surface area is 183 Å². The van der Waals surface area contributed by atoms with Gasteiger partial charge in [0.25, 0.3) is 10.0 Å². The van der Waals surface area contributed by atoms with Crippen LogP contribution in [0.15, 0.2) is 47.4 Å². The number of anilines is 1. The summed E-state index contributed by atoms with van der Waals surface area (Å²) in [5, 5.41) is 3.56. The van der Waals surface area contributed by atoms with E-state index in [0.717, 1.165) is 18.4 Å². The monoisotopic (exact) mass is 446 g/mol. The minimum Gasteiger partial charge on any atom is -0.352 e. The van der Waals surface area contributed by atoms with Crippen LogP contribution in [0.5, 0.6) is 0 Å². The number of nitrogens with zero attached hydrogens (tertiary/aromatic N) is 1. The number of sulfonamides is 1. The third-order valence-electron chi connectivity index (χ3n) is 6.49. The number of nitrogens with one attached hydrogen (secondary N) is 1. The Hall–Kier alpha value is -2.05. The molecular weight excluding hydrogens is 420 g/mol. The van der Waals surface area contributed by atoms with Crippen LogP contribution in [0.1, 0.15) is 36.8 Å². The minimum atomic E-state index is -3.94. The lowest BCUT2D eigenvalue weighted by Gasteiger charge is -2.28. The fraction of sp³-hybridized carbons (Fsp3) is 0.435. The number of benzene rings is 2. The van der Waals surface area contributed by atoms with Crippen molar-refractivity contribution in [2.45, 2.75) is 50.5 Å². The van der Waals surface area contributed by atoms with Crippen LogP contribution in [0.4, 0.5) is 5.69 Å². The molecule has 2 saturated carbocycles. The molecule has 2 fully saturated rings. The zero-order valence-electron chi connectivity index (χ0n) is 17.3. The van der Waals surface area contributed by atoms with Crippen molar-refractivity contribution in [1.29, 1.82) is 0 Å². The lowest BCUT2D eigenvalue weighted by Crippen LogP contribution is -2.46. The quantitative estimate of drug-likeness (QED) is 0.712. The van der Waals surface area contributed by atoms with E-state index in [9.17, 15) is 13.2 Å². The van der Waals surface area contributed by atoms with Crippen LogP contribution >= 0.6 is 11.6 Å². The molecule has 2 aromatic carbocycles. The molecule has 7 heteroatoms. The van der Waals surface area contributed by atoms with E-state index in [2.05, 4.69) is 5.32 Å². The van der Waals surface area contributed by atoms with Crippen LogP contribution in [-0.4, -0.2) is 26.9 Å². The summed E-state index contributed by atoms with van der Waals surface area (Å²) in [6.45, 7) is 3.40. The zero-order valence-corrected chi connectivity index (χ0v) is 18.8. The molecule has 2 aromatic rings. The summed E-state index contributed by atoms with van der Waals surface area (Å²) in [6, 6.07) is 11.9. The molecule has 1 amide bonds. The van der Waals surface area contributed by atoms with Gasteiger partial charge >= 0.3 is 0 Å². The summed E-state index contributed by atoms with van der Waals surface area (Å²) in [4.78, 5) is 13.1. The average Bonchev–Trinajstić information content (AvgIpc) is 3.32. The second kappa shape index (κ2) is 8.23. The Morgan fingerprint density at radius 1 is 1.10 bits per heavy atom. The normalized spacial score (nSPS) is 22.8. The molecule has 0 aromatic heterocycles. The van der Waals surface area contributed by atoms with E-state index in [4.69, 9.17) is 11.6 Å². The van der Waals surface area contributed by atoms with E-state index in [1.807, 2.05) is 6.92 Å². The summed E-state index contributed by atoms with van der Waals surface area (Å²) < 4.78 is 28.2. The van der Waals surface area contributed by atoms with E-state index in [0.29, 0.717) is 28.1 Å². The average molecular weight is 447 g/mol. The third-order valence-corrected chi connectivity index (χ3v) is 8.67. The third kappa shape index (κ3) is 4.08. The first-order chi connectivity index (χ1) is 14.3. The van der Waals surface area contributed by atoms with Crippen LogP contribution in [0, 0.1) is 25.7 Å². The van der Waals surface area contributed by atoms with E-state index in [1.165, 1.54) is 17.1 Å².